The Hall–Kier alpha value is -1.41. The first-order chi connectivity index (χ1) is 8.55. The number of Topliss-reactive ketones (excluding diaryl/α,β-unsaturated/α-hetero) is 1. The van der Waals surface area contributed by atoms with Gasteiger partial charge in [0, 0.05) is 0 Å². The molecule has 0 saturated heterocycles. The van der Waals surface area contributed by atoms with Crippen LogP contribution in [0.25, 0.3) is 0 Å². The van der Waals surface area contributed by atoms with Crippen molar-refractivity contribution in [3.8, 4) is 0 Å². The van der Waals surface area contributed by atoms with Gasteiger partial charge in [0.1, 0.15) is 0 Å². The summed E-state index contributed by atoms with van der Waals surface area (Å²) in [5.41, 5.74) is -1.48. The maximum absolute atomic E-state index is 12.6. The fraction of sp³-hybridized carbons (Fsp3) is 0.438. The van der Waals surface area contributed by atoms with Gasteiger partial charge >= 0.3 is 0 Å². The van der Waals surface area contributed by atoms with Crippen molar-refractivity contribution >= 4 is 5.78 Å². The second kappa shape index (κ2) is 5.49. The van der Waals surface area contributed by atoms with Crippen LogP contribution in [0.3, 0.4) is 0 Å². The van der Waals surface area contributed by atoms with Gasteiger partial charge in [-0.2, -0.15) is 0 Å². The Kier molecular flexibility index (Phi) is 4.47. The molecule has 2 heteroatoms. The molecule has 0 heterocycles. The van der Waals surface area contributed by atoms with Gasteiger partial charge in [-0.25, -0.2) is 0 Å². The summed E-state index contributed by atoms with van der Waals surface area (Å²) in [5, 5.41) is 10.6. The molecule has 0 aromatic carbocycles. The quantitative estimate of drug-likeness (QED) is 0.668. The number of allylic oxidation sites excluding steroid dienone is 4. The molecule has 0 amide bonds. The van der Waals surface area contributed by atoms with Gasteiger partial charge in [0.25, 0.3) is 0 Å². The molecule has 98 valence electrons. The van der Waals surface area contributed by atoms with Gasteiger partial charge < -0.3 is 5.11 Å². The molecule has 0 spiro atoms. The molecule has 0 unspecified atom stereocenters. The third-order valence-electron chi connectivity index (χ3n) is 3.99. The first kappa shape index (κ1) is 14.7. The molecule has 0 aliphatic heterocycles. The van der Waals surface area contributed by atoms with Crippen LogP contribution in [-0.2, 0) is 4.79 Å². The fourth-order valence-corrected chi connectivity index (χ4v) is 3.21. The van der Waals surface area contributed by atoms with Crippen molar-refractivity contribution in [3.05, 3.63) is 50.6 Å². The molecule has 1 aliphatic rings. The van der Waals surface area contributed by atoms with Crippen LogP contribution in [0.5, 0.6) is 0 Å². The first-order valence-electron chi connectivity index (χ1n) is 6.22. The van der Waals surface area contributed by atoms with E-state index in [9.17, 15) is 9.90 Å². The minimum Gasteiger partial charge on any atom is -0.391 e. The van der Waals surface area contributed by atoms with Gasteiger partial charge in [-0.05, 0) is 25.7 Å². The van der Waals surface area contributed by atoms with E-state index in [1.54, 1.807) is 24.3 Å². The molecule has 1 fully saturated rings. The second-order valence-electron chi connectivity index (χ2n) is 5.02. The summed E-state index contributed by atoms with van der Waals surface area (Å²) in [6, 6.07) is 0. The lowest BCUT2D eigenvalue weighted by molar-refractivity contribution is -0.192. The predicted molar refractivity (Wildman–Crippen MR) is 75.1 cm³/mol. The number of hydrogen-bond donors (Lipinski definition) is 1. The van der Waals surface area contributed by atoms with Crippen LogP contribution in [0.4, 0.5) is 0 Å². The number of aliphatic hydroxyl groups is 1. The van der Waals surface area contributed by atoms with Crippen LogP contribution in [0.2, 0.25) is 0 Å². The summed E-state index contributed by atoms with van der Waals surface area (Å²) in [6.45, 7) is 14.7. The van der Waals surface area contributed by atoms with Crippen LogP contribution < -0.4 is 0 Å². The van der Waals surface area contributed by atoms with Gasteiger partial charge in [0.2, 0.25) is 0 Å². The Balaban J connectivity index is 3.12. The van der Waals surface area contributed by atoms with E-state index in [0.717, 1.165) is 0 Å². The Morgan fingerprint density at radius 1 is 0.889 bits per heavy atom. The van der Waals surface area contributed by atoms with Gasteiger partial charge in [-0.3, -0.25) is 4.79 Å². The van der Waals surface area contributed by atoms with E-state index in [2.05, 4.69) is 26.3 Å². The number of rotatable bonds is 8. The molecular weight excluding hydrogens is 224 g/mol. The number of carbonyl (C=O) groups is 1. The topological polar surface area (TPSA) is 37.3 Å². The largest absolute Gasteiger partial charge is 0.391 e. The van der Waals surface area contributed by atoms with Crippen LogP contribution in [-0.4, -0.2) is 17.0 Å². The van der Waals surface area contributed by atoms with Gasteiger partial charge in [-0.1, -0.05) is 24.3 Å². The van der Waals surface area contributed by atoms with E-state index in [4.69, 9.17) is 0 Å². The zero-order valence-electron chi connectivity index (χ0n) is 10.9. The second-order valence-corrected chi connectivity index (χ2v) is 5.02. The third-order valence-corrected chi connectivity index (χ3v) is 3.99. The van der Waals surface area contributed by atoms with E-state index < -0.39 is 16.9 Å². The number of carbonyl (C=O) groups excluding carboxylic acids is 1. The van der Waals surface area contributed by atoms with E-state index >= 15 is 0 Å². The number of aliphatic hydroxyl groups excluding tert-OH is 1. The van der Waals surface area contributed by atoms with Crippen LogP contribution in [0.1, 0.15) is 25.7 Å². The molecule has 0 aromatic heterocycles. The van der Waals surface area contributed by atoms with Crippen molar-refractivity contribution in [1.29, 1.82) is 0 Å². The maximum atomic E-state index is 12.6. The normalized spacial score (nSPS) is 20.8. The summed E-state index contributed by atoms with van der Waals surface area (Å²) in [5.74, 6) is 0.0853. The molecule has 0 radical (unpaired) electrons. The molecule has 1 aliphatic carbocycles. The summed E-state index contributed by atoms with van der Waals surface area (Å²) < 4.78 is 0. The SMILES string of the molecule is C=CCC1(CC=C)C(=O)C(CC=C)(CC=C)C1O. The lowest BCUT2D eigenvalue weighted by atomic mass is 9.45. The average Bonchev–Trinajstić information content (AvgIpc) is 2.36. The van der Waals surface area contributed by atoms with Crippen LogP contribution >= 0.6 is 0 Å². The standard InChI is InChI=1S/C16H22O2/c1-5-9-15(10-6-2)13(17)16(11-7-3,12-8-4)14(15)18/h5-8,13,17H,1-4,9-12H2. The predicted octanol–water partition coefficient (Wildman–Crippen LogP) is 3.21. The summed E-state index contributed by atoms with van der Waals surface area (Å²) in [6.07, 6.45) is 8.00. The van der Waals surface area contributed by atoms with E-state index in [1.165, 1.54) is 0 Å². The van der Waals surface area contributed by atoms with Gasteiger partial charge in [0.05, 0.1) is 16.9 Å². The van der Waals surface area contributed by atoms with Crippen LogP contribution in [0, 0.1) is 10.8 Å². The molecule has 0 bridgehead atoms. The zero-order valence-corrected chi connectivity index (χ0v) is 10.9. The highest BCUT2D eigenvalue weighted by Gasteiger charge is 2.68. The smallest absolute Gasteiger partial charge is 0.151 e. The lowest BCUT2D eigenvalue weighted by Crippen LogP contribution is -2.69. The monoisotopic (exact) mass is 246 g/mol. The summed E-state index contributed by atoms with van der Waals surface area (Å²) in [4.78, 5) is 12.6. The van der Waals surface area contributed by atoms with E-state index in [-0.39, 0.29) is 5.78 Å². The molecule has 2 nitrogen and oxygen atoms in total. The van der Waals surface area contributed by atoms with Crippen molar-refractivity contribution in [2.24, 2.45) is 10.8 Å². The van der Waals surface area contributed by atoms with Gasteiger partial charge in [0.15, 0.2) is 5.78 Å². The lowest BCUT2D eigenvalue weighted by Gasteiger charge is -2.58. The molecule has 1 rings (SSSR count). The molecule has 0 atom stereocenters. The third kappa shape index (κ3) is 1.81. The Labute approximate surface area is 109 Å². The van der Waals surface area contributed by atoms with E-state index in [1.807, 2.05) is 0 Å². The van der Waals surface area contributed by atoms with Crippen LogP contribution in [0.15, 0.2) is 50.6 Å². The van der Waals surface area contributed by atoms with Gasteiger partial charge in [-0.15, -0.1) is 26.3 Å². The molecule has 1 saturated carbocycles. The van der Waals surface area contributed by atoms with E-state index in [0.29, 0.717) is 25.7 Å². The minimum atomic E-state index is -0.741. The Bertz CT molecular complexity index is 325. The first-order valence-corrected chi connectivity index (χ1v) is 6.22. The highest BCUT2D eigenvalue weighted by atomic mass is 16.3. The molecule has 18 heavy (non-hydrogen) atoms. The highest BCUT2D eigenvalue weighted by molar-refractivity contribution is 5.99. The van der Waals surface area contributed by atoms with Crippen molar-refractivity contribution < 1.29 is 9.90 Å². The highest BCUT2D eigenvalue weighted by Crippen LogP contribution is 2.59. The van der Waals surface area contributed by atoms with Crippen molar-refractivity contribution in [2.45, 2.75) is 31.8 Å². The van der Waals surface area contributed by atoms with Crippen molar-refractivity contribution in [2.75, 3.05) is 0 Å². The average molecular weight is 246 g/mol. The number of ketones is 1. The van der Waals surface area contributed by atoms with Crippen molar-refractivity contribution in [3.63, 3.8) is 0 Å². The number of hydrogen-bond acceptors (Lipinski definition) is 2. The maximum Gasteiger partial charge on any atom is 0.151 e. The molecule has 1 N–H and O–H groups in total. The minimum absolute atomic E-state index is 0.0853. The van der Waals surface area contributed by atoms with Crippen molar-refractivity contribution in [1.82, 2.24) is 0 Å². The summed E-state index contributed by atoms with van der Waals surface area (Å²) in [7, 11) is 0. The fourth-order valence-electron chi connectivity index (χ4n) is 3.21. The zero-order chi connectivity index (χ0) is 13.8. The Morgan fingerprint density at radius 3 is 1.33 bits per heavy atom. The molecule has 0 aromatic rings. The molecular formula is C16H22O2. The summed E-state index contributed by atoms with van der Waals surface area (Å²) >= 11 is 0. The Morgan fingerprint density at radius 2 is 1.17 bits per heavy atom.